The summed E-state index contributed by atoms with van der Waals surface area (Å²) < 4.78 is 0. The molecule has 0 aromatic heterocycles. The largest absolute Gasteiger partial charge is 0.338 e. The molecule has 0 radical (unpaired) electrons. The lowest BCUT2D eigenvalue weighted by Crippen LogP contribution is -2.43. The molecule has 1 aliphatic heterocycles. The Bertz CT molecular complexity index is 206. The standard InChI is InChI=1S/C12H24N2O/c1-4-6-10(2)12(15)14-8-5-7-11(14)9-13-3/h10-11,13H,4-9H2,1-3H3. The summed E-state index contributed by atoms with van der Waals surface area (Å²) in [5.41, 5.74) is 0. The van der Waals surface area contributed by atoms with Crippen molar-refractivity contribution in [2.75, 3.05) is 20.1 Å². The van der Waals surface area contributed by atoms with Crippen molar-refractivity contribution in [2.45, 2.75) is 45.6 Å². The highest BCUT2D eigenvalue weighted by Crippen LogP contribution is 2.20. The van der Waals surface area contributed by atoms with Gasteiger partial charge < -0.3 is 10.2 Å². The second-order valence-electron chi connectivity index (χ2n) is 4.58. The van der Waals surface area contributed by atoms with Gasteiger partial charge in [-0.05, 0) is 26.3 Å². The maximum atomic E-state index is 12.1. The van der Waals surface area contributed by atoms with Gasteiger partial charge >= 0.3 is 0 Å². The van der Waals surface area contributed by atoms with Crippen molar-refractivity contribution < 1.29 is 4.79 Å². The number of nitrogens with one attached hydrogen (secondary N) is 1. The van der Waals surface area contributed by atoms with Crippen LogP contribution in [0.3, 0.4) is 0 Å². The van der Waals surface area contributed by atoms with Crippen LogP contribution in [0.15, 0.2) is 0 Å². The van der Waals surface area contributed by atoms with Gasteiger partial charge in [0.25, 0.3) is 0 Å². The molecule has 0 saturated carbocycles. The minimum absolute atomic E-state index is 0.201. The molecule has 2 atom stereocenters. The van der Waals surface area contributed by atoms with Gasteiger partial charge in [-0.2, -0.15) is 0 Å². The molecule has 15 heavy (non-hydrogen) atoms. The maximum Gasteiger partial charge on any atom is 0.225 e. The third-order valence-electron chi connectivity index (χ3n) is 3.24. The highest BCUT2D eigenvalue weighted by Gasteiger charge is 2.30. The van der Waals surface area contributed by atoms with Crippen molar-refractivity contribution in [1.82, 2.24) is 10.2 Å². The quantitative estimate of drug-likeness (QED) is 0.751. The van der Waals surface area contributed by atoms with Crippen LogP contribution in [0.2, 0.25) is 0 Å². The van der Waals surface area contributed by atoms with Crippen LogP contribution in [0.4, 0.5) is 0 Å². The van der Waals surface area contributed by atoms with E-state index < -0.39 is 0 Å². The second-order valence-corrected chi connectivity index (χ2v) is 4.58. The van der Waals surface area contributed by atoms with Crippen LogP contribution < -0.4 is 5.32 Å². The molecule has 0 aromatic carbocycles. The average Bonchev–Trinajstić information content (AvgIpc) is 2.66. The summed E-state index contributed by atoms with van der Waals surface area (Å²) in [7, 11) is 1.95. The first-order valence-corrected chi connectivity index (χ1v) is 6.15. The van der Waals surface area contributed by atoms with Crippen LogP contribution in [0, 0.1) is 5.92 Å². The SMILES string of the molecule is CCCC(C)C(=O)N1CCCC1CNC. The number of amides is 1. The number of hydrogen-bond acceptors (Lipinski definition) is 2. The maximum absolute atomic E-state index is 12.1. The summed E-state index contributed by atoms with van der Waals surface area (Å²) >= 11 is 0. The molecule has 1 N–H and O–H groups in total. The Hall–Kier alpha value is -0.570. The molecule has 1 rings (SSSR count). The van der Waals surface area contributed by atoms with Crippen LogP contribution >= 0.6 is 0 Å². The zero-order valence-electron chi connectivity index (χ0n) is 10.3. The first-order chi connectivity index (χ1) is 7.20. The molecule has 3 heteroatoms. The summed E-state index contributed by atoms with van der Waals surface area (Å²) in [6, 6.07) is 0.432. The minimum atomic E-state index is 0.201. The first-order valence-electron chi connectivity index (χ1n) is 6.15. The molecule has 1 amide bonds. The number of hydrogen-bond donors (Lipinski definition) is 1. The number of carbonyl (C=O) groups is 1. The van der Waals surface area contributed by atoms with Gasteiger partial charge in [0.05, 0.1) is 0 Å². The second kappa shape index (κ2) is 6.11. The Labute approximate surface area is 93.2 Å². The number of carbonyl (C=O) groups excluding carboxylic acids is 1. The third kappa shape index (κ3) is 3.20. The van der Waals surface area contributed by atoms with Crippen LogP contribution in [-0.4, -0.2) is 37.0 Å². The number of likely N-dealkylation sites (N-methyl/N-ethyl adjacent to an activating group) is 1. The van der Waals surface area contributed by atoms with Crippen molar-refractivity contribution in [3.8, 4) is 0 Å². The summed E-state index contributed by atoms with van der Waals surface area (Å²) in [5, 5.41) is 3.17. The molecular formula is C12H24N2O. The van der Waals surface area contributed by atoms with Gasteiger partial charge in [-0.15, -0.1) is 0 Å². The fourth-order valence-electron chi connectivity index (χ4n) is 2.41. The van der Waals surface area contributed by atoms with Crippen molar-refractivity contribution in [3.05, 3.63) is 0 Å². The number of rotatable bonds is 5. The Morgan fingerprint density at radius 1 is 1.60 bits per heavy atom. The first kappa shape index (κ1) is 12.5. The minimum Gasteiger partial charge on any atom is -0.338 e. The molecule has 0 aliphatic carbocycles. The lowest BCUT2D eigenvalue weighted by molar-refractivity contribution is -0.135. The van der Waals surface area contributed by atoms with E-state index in [4.69, 9.17) is 0 Å². The van der Waals surface area contributed by atoms with Crippen LogP contribution in [0.25, 0.3) is 0 Å². The van der Waals surface area contributed by atoms with E-state index in [0.717, 1.165) is 38.8 Å². The molecule has 88 valence electrons. The lowest BCUT2D eigenvalue weighted by atomic mass is 10.0. The molecule has 1 aliphatic rings. The lowest BCUT2D eigenvalue weighted by Gasteiger charge is -2.27. The molecule has 0 bridgehead atoms. The normalized spacial score (nSPS) is 23.1. The van der Waals surface area contributed by atoms with E-state index in [0.29, 0.717) is 11.9 Å². The van der Waals surface area contributed by atoms with E-state index in [1.165, 1.54) is 0 Å². The van der Waals surface area contributed by atoms with Gasteiger partial charge in [-0.1, -0.05) is 20.3 Å². The molecule has 1 saturated heterocycles. The van der Waals surface area contributed by atoms with Crippen molar-refractivity contribution in [3.63, 3.8) is 0 Å². The van der Waals surface area contributed by atoms with E-state index in [1.54, 1.807) is 0 Å². The molecular weight excluding hydrogens is 188 g/mol. The molecule has 1 heterocycles. The number of nitrogens with zero attached hydrogens (tertiary/aromatic N) is 1. The van der Waals surface area contributed by atoms with Crippen LogP contribution in [0.1, 0.15) is 39.5 Å². The Morgan fingerprint density at radius 2 is 2.33 bits per heavy atom. The summed E-state index contributed by atoms with van der Waals surface area (Å²) in [6.07, 6.45) is 4.43. The summed E-state index contributed by atoms with van der Waals surface area (Å²) in [5.74, 6) is 0.557. The highest BCUT2D eigenvalue weighted by atomic mass is 16.2. The Balaban J connectivity index is 2.50. The van der Waals surface area contributed by atoms with Crippen molar-refractivity contribution in [2.24, 2.45) is 5.92 Å². The Kier molecular flexibility index (Phi) is 5.09. The zero-order chi connectivity index (χ0) is 11.3. The van der Waals surface area contributed by atoms with E-state index in [9.17, 15) is 4.79 Å². The van der Waals surface area contributed by atoms with E-state index >= 15 is 0 Å². The highest BCUT2D eigenvalue weighted by molar-refractivity contribution is 5.79. The predicted molar refractivity (Wildman–Crippen MR) is 62.7 cm³/mol. The molecule has 0 aromatic rings. The van der Waals surface area contributed by atoms with E-state index in [-0.39, 0.29) is 5.92 Å². The molecule has 0 spiro atoms. The fourth-order valence-corrected chi connectivity index (χ4v) is 2.41. The van der Waals surface area contributed by atoms with E-state index in [2.05, 4.69) is 24.1 Å². The van der Waals surface area contributed by atoms with Gasteiger partial charge in [0.2, 0.25) is 5.91 Å². The summed E-state index contributed by atoms with van der Waals surface area (Å²) in [4.78, 5) is 14.2. The topological polar surface area (TPSA) is 32.3 Å². The monoisotopic (exact) mass is 212 g/mol. The third-order valence-corrected chi connectivity index (χ3v) is 3.24. The molecule has 1 fully saturated rings. The van der Waals surface area contributed by atoms with Gasteiger partial charge in [0, 0.05) is 25.0 Å². The zero-order valence-corrected chi connectivity index (χ0v) is 10.3. The smallest absolute Gasteiger partial charge is 0.225 e. The van der Waals surface area contributed by atoms with Crippen molar-refractivity contribution in [1.29, 1.82) is 0 Å². The van der Waals surface area contributed by atoms with Crippen LogP contribution in [-0.2, 0) is 4.79 Å². The number of likely N-dealkylation sites (tertiary alicyclic amines) is 1. The van der Waals surface area contributed by atoms with Crippen LogP contribution in [0.5, 0.6) is 0 Å². The van der Waals surface area contributed by atoms with Gasteiger partial charge in [0.1, 0.15) is 0 Å². The van der Waals surface area contributed by atoms with Gasteiger partial charge in [0.15, 0.2) is 0 Å². The van der Waals surface area contributed by atoms with Gasteiger partial charge in [-0.25, -0.2) is 0 Å². The van der Waals surface area contributed by atoms with Gasteiger partial charge in [-0.3, -0.25) is 4.79 Å². The van der Waals surface area contributed by atoms with Crippen molar-refractivity contribution >= 4 is 5.91 Å². The summed E-state index contributed by atoms with van der Waals surface area (Å²) in [6.45, 7) is 6.09. The fraction of sp³-hybridized carbons (Fsp3) is 0.917. The molecule has 3 nitrogen and oxygen atoms in total. The average molecular weight is 212 g/mol. The molecule has 2 unspecified atom stereocenters. The van der Waals surface area contributed by atoms with E-state index in [1.807, 2.05) is 7.05 Å². The Morgan fingerprint density at radius 3 is 2.93 bits per heavy atom. The predicted octanol–water partition coefficient (Wildman–Crippen LogP) is 1.63.